The lowest BCUT2D eigenvalue weighted by atomic mass is 10.0. The average molecular weight is 224 g/mol. The normalized spacial score (nSPS) is 25.9. The highest BCUT2D eigenvalue weighted by Gasteiger charge is 2.30. The molecule has 1 heterocycles. The first kappa shape index (κ1) is 12.4. The predicted octanol–water partition coefficient (Wildman–Crippen LogP) is 2.64. The minimum absolute atomic E-state index is 0.771. The van der Waals surface area contributed by atoms with E-state index in [0.29, 0.717) is 0 Å². The van der Waals surface area contributed by atoms with E-state index in [-0.39, 0.29) is 0 Å². The fourth-order valence-corrected chi connectivity index (χ4v) is 2.81. The van der Waals surface area contributed by atoms with Gasteiger partial charge in [0.25, 0.3) is 0 Å². The maximum absolute atomic E-state index is 3.83. The third-order valence-corrected chi connectivity index (χ3v) is 4.24. The van der Waals surface area contributed by atoms with Crippen molar-refractivity contribution in [2.45, 2.75) is 64.5 Å². The van der Waals surface area contributed by atoms with Crippen molar-refractivity contribution in [3.8, 4) is 0 Å². The number of rotatable bonds is 6. The minimum atomic E-state index is 0.771. The third-order valence-electron chi connectivity index (χ3n) is 4.24. The molecule has 0 amide bonds. The molecule has 16 heavy (non-hydrogen) atoms. The topological polar surface area (TPSA) is 15.3 Å². The van der Waals surface area contributed by atoms with Crippen molar-refractivity contribution >= 4 is 0 Å². The van der Waals surface area contributed by atoms with Gasteiger partial charge in [-0.15, -0.1) is 0 Å². The van der Waals surface area contributed by atoms with Gasteiger partial charge in [-0.25, -0.2) is 0 Å². The molecule has 1 aliphatic carbocycles. The Kier molecular flexibility index (Phi) is 4.66. The first-order valence-corrected chi connectivity index (χ1v) is 7.28. The van der Waals surface area contributed by atoms with Crippen LogP contribution in [0, 0.1) is 5.92 Å². The van der Waals surface area contributed by atoms with Gasteiger partial charge < -0.3 is 10.2 Å². The molecular weight excluding hydrogens is 196 g/mol. The van der Waals surface area contributed by atoms with Gasteiger partial charge in [0.15, 0.2) is 0 Å². The van der Waals surface area contributed by atoms with Gasteiger partial charge in [-0.2, -0.15) is 0 Å². The quantitative estimate of drug-likeness (QED) is 0.746. The first-order valence-electron chi connectivity index (χ1n) is 7.28. The van der Waals surface area contributed by atoms with E-state index in [1.54, 1.807) is 0 Å². The van der Waals surface area contributed by atoms with Crippen molar-refractivity contribution in [3.63, 3.8) is 0 Å². The Hall–Kier alpha value is -0.0800. The summed E-state index contributed by atoms with van der Waals surface area (Å²) in [6, 6.07) is 1.57. The van der Waals surface area contributed by atoms with Crippen molar-refractivity contribution in [1.29, 1.82) is 0 Å². The predicted molar refractivity (Wildman–Crippen MR) is 69.7 cm³/mol. The largest absolute Gasteiger partial charge is 0.311 e. The van der Waals surface area contributed by atoms with E-state index < -0.39 is 0 Å². The fourth-order valence-electron chi connectivity index (χ4n) is 2.81. The summed E-state index contributed by atoms with van der Waals surface area (Å²) in [6.07, 6.45) is 8.35. The lowest BCUT2D eigenvalue weighted by Gasteiger charge is -2.34. The van der Waals surface area contributed by atoms with Crippen LogP contribution in [0.5, 0.6) is 0 Å². The third kappa shape index (κ3) is 3.74. The van der Waals surface area contributed by atoms with E-state index in [1.807, 2.05) is 0 Å². The van der Waals surface area contributed by atoms with Crippen LogP contribution in [-0.4, -0.2) is 36.6 Å². The van der Waals surface area contributed by atoms with E-state index in [4.69, 9.17) is 0 Å². The molecular formula is C14H28N2. The number of nitrogens with zero attached hydrogens (tertiary/aromatic N) is 1. The highest BCUT2D eigenvalue weighted by molar-refractivity contribution is 4.87. The standard InChI is InChI=1S/C14H28N2/c1-3-4-9-16-10-7-14(8-11-16)15-12(2)13-5-6-13/h12-15H,3-11H2,1-2H3. The first-order chi connectivity index (χ1) is 7.79. The van der Waals surface area contributed by atoms with E-state index in [2.05, 4.69) is 24.1 Å². The zero-order valence-corrected chi connectivity index (χ0v) is 11.0. The minimum Gasteiger partial charge on any atom is -0.311 e. The highest BCUT2D eigenvalue weighted by atomic mass is 15.1. The van der Waals surface area contributed by atoms with Gasteiger partial charge in [-0.05, 0) is 64.6 Å². The second kappa shape index (κ2) is 6.02. The van der Waals surface area contributed by atoms with Crippen LogP contribution in [0.3, 0.4) is 0 Å². The van der Waals surface area contributed by atoms with Gasteiger partial charge in [0.05, 0.1) is 0 Å². The average Bonchev–Trinajstić information content (AvgIpc) is 3.12. The van der Waals surface area contributed by atoms with Crippen molar-refractivity contribution in [3.05, 3.63) is 0 Å². The Balaban J connectivity index is 1.60. The highest BCUT2D eigenvalue weighted by Crippen LogP contribution is 2.32. The van der Waals surface area contributed by atoms with Gasteiger partial charge in [0.2, 0.25) is 0 Å². The Labute approximate surface area is 101 Å². The Bertz CT molecular complexity index is 193. The Morgan fingerprint density at radius 2 is 1.88 bits per heavy atom. The smallest absolute Gasteiger partial charge is 0.00940 e. The summed E-state index contributed by atoms with van der Waals surface area (Å²) in [5.74, 6) is 0.998. The van der Waals surface area contributed by atoms with Crippen molar-refractivity contribution in [2.75, 3.05) is 19.6 Å². The maximum atomic E-state index is 3.83. The molecule has 2 aliphatic rings. The van der Waals surface area contributed by atoms with Crippen LogP contribution in [0.4, 0.5) is 0 Å². The van der Waals surface area contributed by atoms with E-state index >= 15 is 0 Å². The summed E-state index contributed by atoms with van der Waals surface area (Å²) < 4.78 is 0. The maximum Gasteiger partial charge on any atom is 0.00940 e. The number of hydrogen-bond acceptors (Lipinski definition) is 2. The molecule has 94 valence electrons. The van der Waals surface area contributed by atoms with Crippen molar-refractivity contribution in [2.24, 2.45) is 5.92 Å². The van der Waals surface area contributed by atoms with E-state index in [9.17, 15) is 0 Å². The SMILES string of the molecule is CCCCN1CCC(NC(C)C2CC2)CC1. The van der Waals surface area contributed by atoms with Crippen LogP contribution < -0.4 is 5.32 Å². The van der Waals surface area contributed by atoms with Gasteiger partial charge in [-0.3, -0.25) is 0 Å². The molecule has 0 aromatic carbocycles. The second-order valence-electron chi connectivity index (χ2n) is 5.76. The van der Waals surface area contributed by atoms with Gasteiger partial charge in [0, 0.05) is 12.1 Å². The van der Waals surface area contributed by atoms with Gasteiger partial charge in [0.1, 0.15) is 0 Å². The molecule has 0 bridgehead atoms. The monoisotopic (exact) mass is 224 g/mol. The molecule has 0 radical (unpaired) electrons. The molecule has 0 spiro atoms. The molecule has 2 nitrogen and oxygen atoms in total. The number of unbranched alkanes of at least 4 members (excludes halogenated alkanes) is 1. The summed E-state index contributed by atoms with van der Waals surface area (Å²) in [4.78, 5) is 2.64. The number of likely N-dealkylation sites (tertiary alicyclic amines) is 1. The van der Waals surface area contributed by atoms with E-state index in [0.717, 1.165) is 18.0 Å². The summed E-state index contributed by atoms with van der Waals surface area (Å²) >= 11 is 0. The zero-order chi connectivity index (χ0) is 11.4. The van der Waals surface area contributed by atoms with Crippen molar-refractivity contribution < 1.29 is 0 Å². The van der Waals surface area contributed by atoms with Crippen LogP contribution in [0.1, 0.15) is 52.4 Å². The molecule has 1 aliphatic heterocycles. The second-order valence-corrected chi connectivity index (χ2v) is 5.76. The van der Waals surface area contributed by atoms with Crippen LogP contribution in [0.25, 0.3) is 0 Å². The van der Waals surface area contributed by atoms with Gasteiger partial charge >= 0.3 is 0 Å². The number of nitrogens with one attached hydrogen (secondary N) is 1. The lowest BCUT2D eigenvalue weighted by molar-refractivity contribution is 0.187. The molecule has 1 saturated carbocycles. The van der Waals surface area contributed by atoms with Crippen LogP contribution in [0.15, 0.2) is 0 Å². The van der Waals surface area contributed by atoms with Crippen LogP contribution in [-0.2, 0) is 0 Å². The molecule has 0 aromatic rings. The van der Waals surface area contributed by atoms with Crippen LogP contribution in [0.2, 0.25) is 0 Å². The molecule has 2 fully saturated rings. The van der Waals surface area contributed by atoms with E-state index in [1.165, 1.54) is 58.2 Å². The molecule has 1 N–H and O–H groups in total. The molecule has 2 heteroatoms. The summed E-state index contributed by atoms with van der Waals surface area (Å²) in [6.45, 7) is 8.61. The lowest BCUT2D eigenvalue weighted by Crippen LogP contribution is -2.46. The fraction of sp³-hybridized carbons (Fsp3) is 1.00. The Morgan fingerprint density at radius 1 is 1.19 bits per heavy atom. The number of piperidine rings is 1. The zero-order valence-electron chi connectivity index (χ0n) is 11.0. The summed E-state index contributed by atoms with van der Waals surface area (Å²) in [5, 5.41) is 3.83. The van der Waals surface area contributed by atoms with Gasteiger partial charge in [-0.1, -0.05) is 13.3 Å². The van der Waals surface area contributed by atoms with Crippen molar-refractivity contribution in [1.82, 2.24) is 10.2 Å². The summed E-state index contributed by atoms with van der Waals surface area (Å²) in [5.41, 5.74) is 0. The molecule has 2 rings (SSSR count). The molecule has 0 aromatic heterocycles. The summed E-state index contributed by atoms with van der Waals surface area (Å²) in [7, 11) is 0. The Morgan fingerprint density at radius 3 is 2.44 bits per heavy atom. The molecule has 1 unspecified atom stereocenters. The van der Waals surface area contributed by atoms with Crippen LogP contribution >= 0.6 is 0 Å². The molecule has 1 saturated heterocycles. The molecule has 1 atom stereocenters. The number of hydrogen-bond donors (Lipinski definition) is 1.